The Balaban J connectivity index is 3.26. The molecule has 0 bridgehead atoms. The second kappa shape index (κ2) is 4.45. The highest BCUT2D eigenvalue weighted by molar-refractivity contribution is 6.03. The van der Waals surface area contributed by atoms with Gasteiger partial charge in [0.05, 0.1) is 25.3 Å². The number of phenolic OH excluding ortho intramolecular Hbond substituents is 1. The number of hydrogen-bond donors (Lipinski definition) is 1. The molecule has 1 N–H and O–H groups in total. The van der Waals surface area contributed by atoms with E-state index in [9.17, 15) is 14.7 Å². The first-order valence-electron chi connectivity index (χ1n) is 4.09. The standard InChI is InChI=1S/C10H10O5/c1-14-9(12)7-4-3-6(11)5-8(7)10(13)15-2/h3-5,11H,1-2H3. The van der Waals surface area contributed by atoms with E-state index < -0.39 is 11.9 Å². The van der Waals surface area contributed by atoms with Crippen LogP contribution < -0.4 is 0 Å². The SMILES string of the molecule is COC(=O)c1ccc(O)cc1C(=O)OC. The second-order valence-corrected chi connectivity index (χ2v) is 2.71. The smallest absolute Gasteiger partial charge is 0.338 e. The highest BCUT2D eigenvalue weighted by Crippen LogP contribution is 2.18. The lowest BCUT2D eigenvalue weighted by Crippen LogP contribution is -2.11. The van der Waals surface area contributed by atoms with Gasteiger partial charge in [0.25, 0.3) is 0 Å². The van der Waals surface area contributed by atoms with Crippen LogP contribution in [0.2, 0.25) is 0 Å². The molecule has 0 saturated carbocycles. The third-order valence-electron chi connectivity index (χ3n) is 1.81. The predicted octanol–water partition coefficient (Wildman–Crippen LogP) is 0.965. The summed E-state index contributed by atoms with van der Waals surface area (Å²) in [4.78, 5) is 22.5. The Morgan fingerprint density at radius 1 is 1.07 bits per heavy atom. The van der Waals surface area contributed by atoms with Crippen molar-refractivity contribution in [3.05, 3.63) is 29.3 Å². The fraction of sp³-hybridized carbons (Fsp3) is 0.200. The number of carbonyl (C=O) groups excluding carboxylic acids is 2. The fourth-order valence-electron chi connectivity index (χ4n) is 1.10. The van der Waals surface area contributed by atoms with Gasteiger partial charge in [-0.3, -0.25) is 0 Å². The van der Waals surface area contributed by atoms with Crippen LogP contribution in [-0.2, 0) is 9.47 Å². The maximum Gasteiger partial charge on any atom is 0.338 e. The largest absolute Gasteiger partial charge is 0.508 e. The number of phenols is 1. The zero-order valence-electron chi connectivity index (χ0n) is 8.31. The molecule has 1 aromatic rings. The minimum absolute atomic E-state index is 0.0237. The Morgan fingerprint density at radius 2 is 1.60 bits per heavy atom. The van der Waals surface area contributed by atoms with Crippen molar-refractivity contribution in [2.45, 2.75) is 0 Å². The number of rotatable bonds is 2. The van der Waals surface area contributed by atoms with Crippen LogP contribution in [0.4, 0.5) is 0 Å². The van der Waals surface area contributed by atoms with Crippen LogP contribution in [0, 0.1) is 0 Å². The number of aromatic hydroxyl groups is 1. The van der Waals surface area contributed by atoms with Gasteiger partial charge >= 0.3 is 11.9 Å². The quantitative estimate of drug-likeness (QED) is 0.736. The number of benzene rings is 1. The number of ether oxygens (including phenoxy) is 2. The molecule has 0 unspecified atom stereocenters. The van der Waals surface area contributed by atoms with Crippen LogP contribution in [0.3, 0.4) is 0 Å². The van der Waals surface area contributed by atoms with Crippen molar-refractivity contribution >= 4 is 11.9 Å². The van der Waals surface area contributed by atoms with E-state index in [1.165, 1.54) is 26.4 Å². The van der Waals surface area contributed by atoms with Gasteiger partial charge in [0.15, 0.2) is 0 Å². The summed E-state index contributed by atoms with van der Waals surface area (Å²) >= 11 is 0. The van der Waals surface area contributed by atoms with Crippen molar-refractivity contribution in [3.8, 4) is 5.75 Å². The van der Waals surface area contributed by atoms with Gasteiger partial charge in [-0.25, -0.2) is 9.59 Å². The maximum atomic E-state index is 11.3. The second-order valence-electron chi connectivity index (χ2n) is 2.71. The molecule has 80 valence electrons. The normalized spacial score (nSPS) is 9.47. The van der Waals surface area contributed by atoms with Crippen molar-refractivity contribution < 1.29 is 24.2 Å². The molecule has 15 heavy (non-hydrogen) atoms. The van der Waals surface area contributed by atoms with Gasteiger partial charge in [-0.2, -0.15) is 0 Å². The van der Waals surface area contributed by atoms with Crippen LogP contribution in [0.1, 0.15) is 20.7 Å². The lowest BCUT2D eigenvalue weighted by Gasteiger charge is -2.06. The minimum Gasteiger partial charge on any atom is -0.508 e. The first-order valence-corrected chi connectivity index (χ1v) is 4.09. The Bertz CT molecular complexity index is 397. The molecule has 0 aliphatic carbocycles. The summed E-state index contributed by atoms with van der Waals surface area (Å²) < 4.78 is 8.95. The summed E-state index contributed by atoms with van der Waals surface area (Å²) in [6.45, 7) is 0. The average molecular weight is 210 g/mol. The molecule has 1 rings (SSSR count). The summed E-state index contributed by atoms with van der Waals surface area (Å²) in [5, 5.41) is 9.18. The van der Waals surface area contributed by atoms with Gasteiger partial charge in [-0.15, -0.1) is 0 Å². The summed E-state index contributed by atoms with van der Waals surface area (Å²) in [7, 11) is 2.39. The summed E-state index contributed by atoms with van der Waals surface area (Å²) in [6, 6.07) is 3.74. The zero-order chi connectivity index (χ0) is 11.4. The van der Waals surface area contributed by atoms with Gasteiger partial charge in [-0.1, -0.05) is 0 Å². The molecule has 0 aliphatic heterocycles. The van der Waals surface area contributed by atoms with Crippen LogP contribution in [0.5, 0.6) is 5.75 Å². The van der Waals surface area contributed by atoms with Gasteiger partial charge < -0.3 is 14.6 Å². The van der Waals surface area contributed by atoms with Crippen LogP contribution in [0.15, 0.2) is 18.2 Å². The third-order valence-corrected chi connectivity index (χ3v) is 1.81. The maximum absolute atomic E-state index is 11.3. The summed E-state index contributed by atoms with van der Waals surface area (Å²) in [5.41, 5.74) is 0.0338. The van der Waals surface area contributed by atoms with E-state index in [1.54, 1.807) is 0 Å². The van der Waals surface area contributed by atoms with Gasteiger partial charge in [0.2, 0.25) is 0 Å². The van der Waals surface area contributed by atoms with Crippen molar-refractivity contribution in [3.63, 3.8) is 0 Å². The first kappa shape index (κ1) is 11.0. The average Bonchev–Trinajstić information content (AvgIpc) is 2.26. The minimum atomic E-state index is -0.702. The topological polar surface area (TPSA) is 72.8 Å². The Morgan fingerprint density at radius 3 is 2.13 bits per heavy atom. The van der Waals surface area contributed by atoms with Crippen LogP contribution in [0.25, 0.3) is 0 Å². The number of methoxy groups -OCH3 is 2. The lowest BCUT2D eigenvalue weighted by molar-refractivity contribution is 0.0555. The summed E-state index contributed by atoms with van der Waals surface area (Å²) in [5.74, 6) is -1.48. The van der Waals surface area contributed by atoms with Gasteiger partial charge in [-0.05, 0) is 18.2 Å². The molecule has 0 fully saturated rings. The number of esters is 2. The van der Waals surface area contributed by atoms with E-state index in [1.807, 2.05) is 0 Å². The van der Waals surface area contributed by atoms with Crippen LogP contribution in [-0.4, -0.2) is 31.3 Å². The van der Waals surface area contributed by atoms with E-state index in [4.69, 9.17) is 0 Å². The molecule has 0 amide bonds. The molecular weight excluding hydrogens is 200 g/mol. The van der Waals surface area contributed by atoms with Gasteiger partial charge in [0, 0.05) is 0 Å². The van der Waals surface area contributed by atoms with E-state index in [2.05, 4.69) is 9.47 Å². The summed E-state index contributed by atoms with van der Waals surface area (Å²) in [6.07, 6.45) is 0. The molecule has 5 nitrogen and oxygen atoms in total. The van der Waals surface area contributed by atoms with Gasteiger partial charge in [0.1, 0.15) is 5.75 Å². The van der Waals surface area contributed by atoms with E-state index in [0.29, 0.717) is 0 Å². The molecule has 0 saturated heterocycles. The van der Waals surface area contributed by atoms with E-state index in [-0.39, 0.29) is 16.9 Å². The monoisotopic (exact) mass is 210 g/mol. The Kier molecular flexibility index (Phi) is 3.28. The fourth-order valence-corrected chi connectivity index (χ4v) is 1.10. The highest BCUT2D eigenvalue weighted by Gasteiger charge is 2.18. The number of hydrogen-bond acceptors (Lipinski definition) is 5. The molecule has 5 heteroatoms. The molecule has 0 heterocycles. The lowest BCUT2D eigenvalue weighted by atomic mass is 10.1. The molecule has 0 spiro atoms. The molecule has 0 aliphatic rings. The molecule has 0 atom stereocenters. The van der Waals surface area contributed by atoms with Crippen molar-refractivity contribution in [1.82, 2.24) is 0 Å². The first-order chi connectivity index (χ1) is 7.10. The molecule has 1 aromatic carbocycles. The van der Waals surface area contributed by atoms with E-state index >= 15 is 0 Å². The molecule has 0 aromatic heterocycles. The Labute approximate surface area is 86.2 Å². The number of carbonyl (C=O) groups is 2. The molecule has 0 radical (unpaired) electrons. The van der Waals surface area contributed by atoms with E-state index in [0.717, 1.165) is 6.07 Å². The third kappa shape index (κ3) is 2.25. The predicted molar refractivity (Wildman–Crippen MR) is 50.8 cm³/mol. The van der Waals surface area contributed by atoms with Crippen LogP contribution >= 0.6 is 0 Å². The van der Waals surface area contributed by atoms with Crippen molar-refractivity contribution in [1.29, 1.82) is 0 Å². The highest BCUT2D eigenvalue weighted by atomic mass is 16.5. The van der Waals surface area contributed by atoms with Crippen molar-refractivity contribution in [2.24, 2.45) is 0 Å². The zero-order valence-corrected chi connectivity index (χ0v) is 8.31. The van der Waals surface area contributed by atoms with Crippen molar-refractivity contribution in [2.75, 3.05) is 14.2 Å². The molecular formula is C10H10O5. The Hall–Kier alpha value is -2.04.